The van der Waals surface area contributed by atoms with E-state index in [0.29, 0.717) is 14.8 Å². The van der Waals surface area contributed by atoms with E-state index in [9.17, 15) is 4.79 Å². The molecular weight excluding hydrogens is 359 g/mol. The van der Waals surface area contributed by atoms with Crippen LogP contribution >= 0.6 is 22.6 Å². The molecule has 0 aromatic carbocycles. The van der Waals surface area contributed by atoms with Gasteiger partial charge >= 0.3 is 0 Å². The van der Waals surface area contributed by atoms with Crippen LogP contribution in [0.15, 0.2) is 11.6 Å². The quantitative estimate of drug-likeness (QED) is 0.258. The molecule has 0 N–H and O–H groups in total. The Morgan fingerprint density at radius 2 is 2.00 bits per heavy atom. The van der Waals surface area contributed by atoms with Gasteiger partial charge in [0.1, 0.15) is 6.29 Å². The first-order valence-corrected chi connectivity index (χ1v) is 9.24. The van der Waals surface area contributed by atoms with Crippen molar-refractivity contribution in [2.45, 2.75) is 69.1 Å². The average Bonchev–Trinajstić information content (AvgIpc) is 2.37. The van der Waals surface area contributed by atoms with Crippen LogP contribution in [0.4, 0.5) is 0 Å². The molecule has 0 aliphatic heterocycles. The molecule has 3 aliphatic rings. The molecule has 112 valence electrons. The smallest absolute Gasteiger partial charge is 0.126 e. The van der Waals surface area contributed by atoms with Crippen LogP contribution in [0.2, 0.25) is 0 Å². The lowest BCUT2D eigenvalue weighted by Gasteiger charge is -2.57. The second kappa shape index (κ2) is 4.82. The maximum atomic E-state index is 11.7. The molecule has 0 spiro atoms. The van der Waals surface area contributed by atoms with Gasteiger partial charge < -0.3 is 4.79 Å². The monoisotopic (exact) mass is 386 g/mol. The summed E-state index contributed by atoms with van der Waals surface area (Å²) in [6, 6.07) is 0. The summed E-state index contributed by atoms with van der Waals surface area (Å²) < 4.78 is 0.442. The first-order chi connectivity index (χ1) is 9.31. The summed E-state index contributed by atoms with van der Waals surface area (Å²) in [6.07, 6.45) is 12.5. The van der Waals surface area contributed by atoms with Crippen LogP contribution in [0.25, 0.3) is 0 Å². The maximum absolute atomic E-state index is 11.7. The van der Waals surface area contributed by atoms with Crippen molar-refractivity contribution in [2.24, 2.45) is 22.7 Å². The van der Waals surface area contributed by atoms with Gasteiger partial charge in [0.15, 0.2) is 0 Å². The van der Waals surface area contributed by atoms with Crippen molar-refractivity contribution < 1.29 is 4.79 Å². The lowest BCUT2D eigenvalue weighted by Crippen LogP contribution is -2.50. The number of fused-ring (bicyclic) bond motifs is 3. The van der Waals surface area contributed by atoms with E-state index in [4.69, 9.17) is 0 Å². The topological polar surface area (TPSA) is 17.1 Å². The summed E-state index contributed by atoms with van der Waals surface area (Å²) in [4.78, 5) is 11.7. The first kappa shape index (κ1) is 15.1. The zero-order chi connectivity index (χ0) is 14.6. The summed E-state index contributed by atoms with van der Waals surface area (Å²) in [5, 5.41) is 0. The SMILES string of the molecule is C[C@]1(I)CC=C2C(CCC3[C@@]2(C)CCC[C@@]3(C)C=O)C1. The van der Waals surface area contributed by atoms with Gasteiger partial charge in [-0.25, -0.2) is 0 Å². The van der Waals surface area contributed by atoms with E-state index in [2.05, 4.69) is 49.4 Å². The van der Waals surface area contributed by atoms with Gasteiger partial charge in [0.05, 0.1) is 0 Å². The Morgan fingerprint density at radius 3 is 2.70 bits per heavy atom. The first-order valence-electron chi connectivity index (χ1n) is 8.17. The highest BCUT2D eigenvalue weighted by Gasteiger charge is 2.54. The molecule has 2 fully saturated rings. The summed E-state index contributed by atoms with van der Waals surface area (Å²) in [5.74, 6) is 1.35. The fourth-order valence-corrected chi connectivity index (χ4v) is 6.32. The second-order valence-corrected chi connectivity index (χ2v) is 10.8. The second-order valence-electron chi connectivity index (χ2n) is 8.20. The van der Waals surface area contributed by atoms with Gasteiger partial charge in [-0.05, 0) is 55.8 Å². The number of hydrogen-bond donors (Lipinski definition) is 0. The maximum Gasteiger partial charge on any atom is 0.126 e. The van der Waals surface area contributed by atoms with E-state index in [1.807, 2.05) is 0 Å². The van der Waals surface area contributed by atoms with Gasteiger partial charge in [-0.15, -0.1) is 0 Å². The van der Waals surface area contributed by atoms with Gasteiger partial charge in [-0.1, -0.05) is 61.4 Å². The van der Waals surface area contributed by atoms with E-state index in [-0.39, 0.29) is 5.41 Å². The fourth-order valence-electron chi connectivity index (χ4n) is 5.57. The van der Waals surface area contributed by atoms with Crippen molar-refractivity contribution >= 4 is 28.9 Å². The molecule has 2 unspecified atom stereocenters. The Bertz CT molecular complexity index is 452. The van der Waals surface area contributed by atoms with Crippen molar-refractivity contribution in [3.05, 3.63) is 11.6 Å². The van der Waals surface area contributed by atoms with Crippen LogP contribution in [0.3, 0.4) is 0 Å². The molecule has 3 aliphatic carbocycles. The summed E-state index contributed by atoms with van der Waals surface area (Å²) in [7, 11) is 0. The zero-order valence-electron chi connectivity index (χ0n) is 13.0. The number of allylic oxidation sites excluding steroid dienone is 2. The van der Waals surface area contributed by atoms with Gasteiger partial charge in [0.2, 0.25) is 0 Å². The molecular formula is C18H27IO. The van der Waals surface area contributed by atoms with Crippen molar-refractivity contribution in [3.63, 3.8) is 0 Å². The minimum absolute atomic E-state index is 0.0795. The number of alkyl halides is 1. The molecule has 0 aromatic heterocycles. The molecule has 20 heavy (non-hydrogen) atoms. The third kappa shape index (κ3) is 2.21. The van der Waals surface area contributed by atoms with E-state index < -0.39 is 0 Å². The molecule has 0 amide bonds. The Morgan fingerprint density at radius 1 is 1.25 bits per heavy atom. The number of halogens is 1. The van der Waals surface area contributed by atoms with Gasteiger partial charge in [-0.3, -0.25) is 0 Å². The highest BCUT2D eigenvalue weighted by atomic mass is 127. The highest BCUT2D eigenvalue weighted by molar-refractivity contribution is 14.1. The van der Waals surface area contributed by atoms with Gasteiger partial charge in [0, 0.05) is 8.84 Å². The number of hydrogen-bond acceptors (Lipinski definition) is 1. The van der Waals surface area contributed by atoms with Crippen LogP contribution in [0.5, 0.6) is 0 Å². The number of carbonyl (C=O) groups excluding carboxylic acids is 1. The molecule has 0 aromatic rings. The molecule has 2 saturated carbocycles. The third-order valence-electron chi connectivity index (χ3n) is 6.57. The largest absolute Gasteiger partial charge is 0.303 e. The lowest BCUT2D eigenvalue weighted by atomic mass is 9.47. The molecule has 3 rings (SSSR count). The van der Waals surface area contributed by atoms with Crippen molar-refractivity contribution in [1.29, 1.82) is 0 Å². The highest BCUT2D eigenvalue weighted by Crippen LogP contribution is 2.62. The Kier molecular flexibility index (Phi) is 3.63. The fraction of sp³-hybridized carbons (Fsp3) is 0.833. The van der Waals surface area contributed by atoms with Crippen molar-refractivity contribution in [1.82, 2.24) is 0 Å². The number of aldehydes is 1. The Hall–Kier alpha value is 0.140. The minimum atomic E-state index is -0.0795. The lowest BCUT2D eigenvalue weighted by molar-refractivity contribution is -0.126. The van der Waals surface area contributed by atoms with E-state index >= 15 is 0 Å². The van der Waals surface area contributed by atoms with E-state index in [0.717, 1.165) is 12.3 Å². The van der Waals surface area contributed by atoms with Crippen LogP contribution in [0, 0.1) is 22.7 Å². The Balaban J connectivity index is 1.99. The summed E-state index contributed by atoms with van der Waals surface area (Å²) in [5.41, 5.74) is 1.93. The van der Waals surface area contributed by atoms with E-state index in [1.54, 1.807) is 5.57 Å². The van der Waals surface area contributed by atoms with Crippen LogP contribution in [0.1, 0.15) is 65.7 Å². The van der Waals surface area contributed by atoms with E-state index in [1.165, 1.54) is 44.8 Å². The predicted octanol–water partition coefficient (Wildman–Crippen LogP) is 5.32. The molecule has 0 saturated heterocycles. The van der Waals surface area contributed by atoms with Crippen molar-refractivity contribution in [3.8, 4) is 0 Å². The van der Waals surface area contributed by atoms with Crippen LogP contribution < -0.4 is 0 Å². The number of rotatable bonds is 1. The number of carbonyl (C=O) groups is 1. The predicted molar refractivity (Wildman–Crippen MR) is 92.1 cm³/mol. The van der Waals surface area contributed by atoms with Crippen molar-refractivity contribution in [2.75, 3.05) is 0 Å². The van der Waals surface area contributed by atoms with Gasteiger partial charge in [0.25, 0.3) is 0 Å². The summed E-state index contributed by atoms with van der Waals surface area (Å²) >= 11 is 2.65. The normalized spacial score (nSPS) is 51.7. The zero-order valence-corrected chi connectivity index (χ0v) is 15.2. The molecule has 1 nitrogen and oxygen atoms in total. The Labute approximate surface area is 137 Å². The van der Waals surface area contributed by atoms with Crippen LogP contribution in [-0.4, -0.2) is 9.71 Å². The molecule has 0 bridgehead atoms. The molecule has 2 heteroatoms. The minimum Gasteiger partial charge on any atom is -0.303 e. The third-order valence-corrected chi connectivity index (χ3v) is 7.45. The van der Waals surface area contributed by atoms with Gasteiger partial charge in [-0.2, -0.15) is 0 Å². The molecule has 0 radical (unpaired) electrons. The molecule has 5 atom stereocenters. The standard InChI is InChI=1S/C18H27IO/c1-16(12-20)8-4-9-18(3)14-7-10-17(2,19)11-13(14)5-6-15(16)18/h7,12-13,15H,4-6,8-11H2,1-3H3/t13?,15?,16-,17-,18-/m0/s1. The molecule has 0 heterocycles. The van der Waals surface area contributed by atoms with Crippen LogP contribution in [-0.2, 0) is 4.79 Å². The average molecular weight is 386 g/mol. The summed E-state index contributed by atoms with van der Waals surface area (Å²) in [6.45, 7) is 7.08.